The summed E-state index contributed by atoms with van der Waals surface area (Å²) in [5.74, 6) is -2.41. The first kappa shape index (κ1) is 16.3. The largest absolute Gasteiger partial charge is 0.507 e. The Bertz CT molecular complexity index is 483. The lowest BCUT2D eigenvalue weighted by atomic mass is 9.97. The van der Waals surface area contributed by atoms with Crippen molar-refractivity contribution in [3.05, 3.63) is 23.5 Å². The summed E-state index contributed by atoms with van der Waals surface area (Å²) in [6, 6.07) is -1.01. The molecule has 0 radical (unpaired) electrons. The van der Waals surface area contributed by atoms with Crippen molar-refractivity contribution in [2.24, 2.45) is 5.92 Å². The highest BCUT2D eigenvalue weighted by molar-refractivity contribution is 7.80. The zero-order chi connectivity index (χ0) is 15.3. The zero-order valence-corrected chi connectivity index (χ0v) is 12.1. The van der Waals surface area contributed by atoms with Crippen molar-refractivity contribution < 1.29 is 24.2 Å². The predicted octanol–water partition coefficient (Wildman–Crippen LogP) is 0.899. The van der Waals surface area contributed by atoms with Crippen LogP contribution in [-0.2, 0) is 19.1 Å². The first-order chi connectivity index (χ1) is 9.35. The Labute approximate surface area is 122 Å². The quantitative estimate of drug-likeness (QED) is 0.407. The molecule has 1 aliphatic rings. The van der Waals surface area contributed by atoms with E-state index in [-0.39, 0.29) is 23.0 Å². The van der Waals surface area contributed by atoms with Gasteiger partial charge in [0.05, 0.1) is 5.57 Å². The molecule has 0 saturated carbocycles. The maximum absolute atomic E-state index is 11.8. The Morgan fingerprint density at radius 1 is 1.55 bits per heavy atom. The maximum Gasteiger partial charge on any atom is 0.349 e. The standard InChI is InChI=1S/C13H17NO5S/c1-7-3-4-11(16)9(5-7)12(17)19-13(18)10(6-20)14-8(2)15/h4-5,7,10,16,20H,3,6H2,1-2H3,(H,14,15). The monoisotopic (exact) mass is 299 g/mol. The summed E-state index contributed by atoms with van der Waals surface area (Å²) in [6.45, 7) is 3.11. The van der Waals surface area contributed by atoms with Crippen LogP contribution in [0.3, 0.4) is 0 Å². The van der Waals surface area contributed by atoms with Crippen LogP contribution in [-0.4, -0.2) is 34.7 Å². The molecule has 0 spiro atoms. The lowest BCUT2D eigenvalue weighted by Gasteiger charge is -2.16. The molecular weight excluding hydrogens is 282 g/mol. The Morgan fingerprint density at radius 3 is 2.75 bits per heavy atom. The van der Waals surface area contributed by atoms with E-state index in [9.17, 15) is 19.5 Å². The van der Waals surface area contributed by atoms with Crippen molar-refractivity contribution >= 4 is 30.5 Å². The lowest BCUT2D eigenvalue weighted by molar-refractivity contribution is -0.158. The number of carbonyl (C=O) groups is 3. The number of aliphatic hydroxyl groups is 1. The van der Waals surface area contributed by atoms with E-state index in [2.05, 4.69) is 22.7 Å². The third-order valence-electron chi connectivity index (χ3n) is 2.67. The second-order valence-corrected chi connectivity index (χ2v) is 4.89. The van der Waals surface area contributed by atoms with E-state index < -0.39 is 23.9 Å². The third-order valence-corrected chi connectivity index (χ3v) is 3.03. The van der Waals surface area contributed by atoms with Gasteiger partial charge in [-0.2, -0.15) is 12.6 Å². The number of thiol groups is 1. The second-order valence-electron chi connectivity index (χ2n) is 4.53. The minimum atomic E-state index is -1.01. The minimum absolute atomic E-state index is 0.00294. The summed E-state index contributed by atoms with van der Waals surface area (Å²) in [6.07, 6.45) is 3.65. The normalized spacial score (nSPS) is 19.4. The molecule has 1 aliphatic carbocycles. The van der Waals surface area contributed by atoms with Gasteiger partial charge in [0.25, 0.3) is 0 Å². The molecule has 2 N–H and O–H groups in total. The molecule has 7 heteroatoms. The lowest BCUT2D eigenvalue weighted by Crippen LogP contribution is -2.43. The first-order valence-electron chi connectivity index (χ1n) is 6.10. The van der Waals surface area contributed by atoms with Crippen molar-refractivity contribution in [3.63, 3.8) is 0 Å². The van der Waals surface area contributed by atoms with Gasteiger partial charge in [-0.05, 0) is 18.4 Å². The van der Waals surface area contributed by atoms with E-state index in [1.807, 2.05) is 6.92 Å². The molecule has 2 unspecified atom stereocenters. The fourth-order valence-electron chi connectivity index (χ4n) is 1.66. The molecule has 2 atom stereocenters. The molecular formula is C13H17NO5S. The highest BCUT2D eigenvalue weighted by Crippen LogP contribution is 2.22. The average Bonchev–Trinajstić information content (AvgIpc) is 2.38. The number of esters is 2. The summed E-state index contributed by atoms with van der Waals surface area (Å²) in [5.41, 5.74) is -0.0437. The van der Waals surface area contributed by atoms with Gasteiger partial charge in [0.2, 0.25) is 5.91 Å². The number of rotatable bonds is 4. The predicted molar refractivity (Wildman–Crippen MR) is 75.1 cm³/mol. The molecule has 20 heavy (non-hydrogen) atoms. The molecule has 110 valence electrons. The van der Waals surface area contributed by atoms with Crippen molar-refractivity contribution in [1.82, 2.24) is 5.32 Å². The van der Waals surface area contributed by atoms with Crippen LogP contribution in [0.25, 0.3) is 0 Å². The summed E-state index contributed by atoms with van der Waals surface area (Å²) in [5, 5.41) is 11.9. The van der Waals surface area contributed by atoms with Gasteiger partial charge < -0.3 is 15.2 Å². The van der Waals surface area contributed by atoms with Crippen LogP contribution >= 0.6 is 12.6 Å². The molecule has 0 aromatic heterocycles. The number of hydrogen-bond acceptors (Lipinski definition) is 6. The average molecular weight is 299 g/mol. The van der Waals surface area contributed by atoms with Gasteiger partial charge >= 0.3 is 11.9 Å². The fraction of sp³-hybridized carbons (Fsp3) is 0.462. The highest BCUT2D eigenvalue weighted by Gasteiger charge is 2.26. The molecule has 0 bridgehead atoms. The van der Waals surface area contributed by atoms with Gasteiger partial charge in [0.1, 0.15) is 11.8 Å². The fourth-order valence-corrected chi connectivity index (χ4v) is 1.90. The molecule has 0 saturated heterocycles. The van der Waals surface area contributed by atoms with Crippen molar-refractivity contribution in [2.75, 3.05) is 5.75 Å². The Kier molecular flexibility index (Phi) is 5.82. The number of aliphatic hydroxyl groups excluding tert-OH is 1. The van der Waals surface area contributed by atoms with Crippen LogP contribution in [0.5, 0.6) is 0 Å². The number of amides is 1. The third kappa shape index (κ3) is 4.41. The molecule has 1 amide bonds. The van der Waals surface area contributed by atoms with Gasteiger partial charge in [-0.15, -0.1) is 0 Å². The molecule has 1 rings (SSSR count). The summed E-state index contributed by atoms with van der Waals surface area (Å²) in [4.78, 5) is 34.4. The molecule has 0 aromatic rings. The SMILES string of the molecule is CC(=O)NC(CS)C(=O)OC(=O)C1=CC(C)CC=C1O. The smallest absolute Gasteiger partial charge is 0.349 e. The van der Waals surface area contributed by atoms with Crippen LogP contribution in [0, 0.1) is 5.92 Å². The van der Waals surface area contributed by atoms with E-state index in [0.717, 1.165) is 0 Å². The Morgan fingerprint density at radius 2 is 2.20 bits per heavy atom. The molecule has 0 heterocycles. The van der Waals surface area contributed by atoms with E-state index >= 15 is 0 Å². The van der Waals surface area contributed by atoms with Crippen molar-refractivity contribution in [2.45, 2.75) is 26.3 Å². The van der Waals surface area contributed by atoms with Crippen LogP contribution in [0.1, 0.15) is 20.3 Å². The highest BCUT2D eigenvalue weighted by atomic mass is 32.1. The molecule has 6 nitrogen and oxygen atoms in total. The van der Waals surface area contributed by atoms with Gasteiger partial charge in [0, 0.05) is 12.7 Å². The Hall–Kier alpha value is -1.76. The van der Waals surface area contributed by atoms with Crippen molar-refractivity contribution in [1.29, 1.82) is 0 Å². The van der Waals surface area contributed by atoms with E-state index in [1.165, 1.54) is 13.0 Å². The molecule has 0 aliphatic heterocycles. The van der Waals surface area contributed by atoms with Crippen LogP contribution in [0.15, 0.2) is 23.5 Å². The summed E-state index contributed by atoms with van der Waals surface area (Å²) >= 11 is 3.91. The number of allylic oxidation sites excluding steroid dienone is 2. The van der Waals surface area contributed by atoms with E-state index in [0.29, 0.717) is 6.42 Å². The van der Waals surface area contributed by atoms with E-state index in [1.54, 1.807) is 6.08 Å². The van der Waals surface area contributed by atoms with Crippen LogP contribution < -0.4 is 5.32 Å². The van der Waals surface area contributed by atoms with Gasteiger partial charge in [-0.1, -0.05) is 13.0 Å². The number of ether oxygens (including phenoxy) is 1. The molecule has 0 fully saturated rings. The first-order valence-corrected chi connectivity index (χ1v) is 6.73. The number of nitrogens with one attached hydrogen (secondary N) is 1. The summed E-state index contributed by atoms with van der Waals surface area (Å²) in [7, 11) is 0. The van der Waals surface area contributed by atoms with E-state index in [4.69, 9.17) is 0 Å². The second kappa shape index (κ2) is 7.14. The molecule has 0 aromatic carbocycles. The Balaban J connectivity index is 2.72. The minimum Gasteiger partial charge on any atom is -0.507 e. The van der Waals surface area contributed by atoms with Gasteiger partial charge in [-0.25, -0.2) is 9.59 Å². The van der Waals surface area contributed by atoms with Gasteiger partial charge in [0.15, 0.2) is 0 Å². The zero-order valence-electron chi connectivity index (χ0n) is 11.3. The number of carbonyl (C=O) groups excluding carboxylic acids is 3. The topological polar surface area (TPSA) is 92.7 Å². The van der Waals surface area contributed by atoms with Gasteiger partial charge in [-0.3, -0.25) is 4.79 Å². The number of hydrogen-bond donors (Lipinski definition) is 3. The van der Waals surface area contributed by atoms with Crippen LogP contribution in [0.2, 0.25) is 0 Å². The summed E-state index contributed by atoms with van der Waals surface area (Å²) < 4.78 is 4.65. The maximum atomic E-state index is 11.8. The van der Waals surface area contributed by atoms with Crippen LogP contribution in [0.4, 0.5) is 0 Å². The van der Waals surface area contributed by atoms with Crippen molar-refractivity contribution in [3.8, 4) is 0 Å².